The van der Waals surface area contributed by atoms with E-state index in [2.05, 4.69) is 0 Å². The maximum absolute atomic E-state index is 14.1. The Morgan fingerprint density at radius 2 is 1.70 bits per heavy atom. The lowest BCUT2D eigenvalue weighted by Crippen LogP contribution is -2.59. The Morgan fingerprint density at radius 3 is 2.33 bits per heavy atom. The van der Waals surface area contributed by atoms with E-state index in [0.29, 0.717) is 13.0 Å². The quantitative estimate of drug-likeness (QED) is 0.700. The summed E-state index contributed by atoms with van der Waals surface area (Å²) in [5.74, 6) is -1.68. The Balaban J connectivity index is 1.57. The van der Waals surface area contributed by atoms with Gasteiger partial charge in [0.2, 0.25) is 7.37 Å². The molecule has 1 aromatic carbocycles. The Bertz CT molecular complexity index is 807. The molecule has 0 saturated carbocycles. The van der Waals surface area contributed by atoms with Crippen LogP contribution in [0.15, 0.2) is 30.3 Å². The molecular formula is C22H33O7P. The molecule has 7 nitrogen and oxygen atoms in total. The summed E-state index contributed by atoms with van der Waals surface area (Å²) in [5.41, 5.74) is 1.16. The third-order valence-corrected chi connectivity index (χ3v) is 9.25. The predicted molar refractivity (Wildman–Crippen MR) is 111 cm³/mol. The molecule has 0 unspecified atom stereocenters. The van der Waals surface area contributed by atoms with Crippen LogP contribution in [0.3, 0.4) is 0 Å². The molecule has 30 heavy (non-hydrogen) atoms. The van der Waals surface area contributed by atoms with Gasteiger partial charge in [0, 0.05) is 6.16 Å². The summed E-state index contributed by atoms with van der Waals surface area (Å²) in [5, 5.41) is 9.73. The fourth-order valence-electron chi connectivity index (χ4n) is 4.58. The SMILES string of the molecule is CC1(C)OC[C@H]([C@H]2O[P@@](=O)(CCCc3ccccc3)[C@@](C)(O)[C@H]3OC(C)(C)O[C@@H]23)O1. The second kappa shape index (κ2) is 7.66. The summed E-state index contributed by atoms with van der Waals surface area (Å²) < 4.78 is 44.1. The van der Waals surface area contributed by atoms with Crippen molar-refractivity contribution in [2.45, 2.75) is 88.8 Å². The maximum Gasteiger partial charge on any atom is 0.236 e. The summed E-state index contributed by atoms with van der Waals surface area (Å²) in [6.07, 6.45) is -0.865. The zero-order chi connectivity index (χ0) is 21.8. The predicted octanol–water partition coefficient (Wildman–Crippen LogP) is 3.68. The highest BCUT2D eigenvalue weighted by molar-refractivity contribution is 7.60. The van der Waals surface area contributed by atoms with Gasteiger partial charge in [0.05, 0.1) is 6.61 Å². The van der Waals surface area contributed by atoms with Crippen molar-refractivity contribution in [3.8, 4) is 0 Å². The van der Waals surface area contributed by atoms with E-state index >= 15 is 0 Å². The third kappa shape index (κ3) is 4.14. The molecule has 0 bridgehead atoms. The van der Waals surface area contributed by atoms with Crippen molar-refractivity contribution in [1.82, 2.24) is 0 Å². The van der Waals surface area contributed by atoms with Crippen LogP contribution in [0.4, 0.5) is 0 Å². The molecule has 1 N–H and O–H groups in total. The molecule has 3 fully saturated rings. The van der Waals surface area contributed by atoms with Gasteiger partial charge in [-0.15, -0.1) is 0 Å². The average molecular weight is 440 g/mol. The van der Waals surface area contributed by atoms with Gasteiger partial charge in [0.25, 0.3) is 0 Å². The topological polar surface area (TPSA) is 83.5 Å². The monoisotopic (exact) mass is 440 g/mol. The number of hydrogen-bond acceptors (Lipinski definition) is 7. The first kappa shape index (κ1) is 22.4. The van der Waals surface area contributed by atoms with Gasteiger partial charge in [-0.25, -0.2) is 0 Å². The molecule has 0 radical (unpaired) electrons. The highest BCUT2D eigenvalue weighted by atomic mass is 31.2. The number of rotatable bonds is 5. The van der Waals surface area contributed by atoms with Crippen molar-refractivity contribution < 1.29 is 33.1 Å². The smallest absolute Gasteiger partial charge is 0.236 e. The summed E-state index contributed by atoms with van der Waals surface area (Å²) in [6, 6.07) is 10.0. The minimum absolute atomic E-state index is 0.245. The zero-order valence-electron chi connectivity index (χ0n) is 18.4. The molecule has 1 aromatic rings. The van der Waals surface area contributed by atoms with Crippen molar-refractivity contribution in [2.24, 2.45) is 0 Å². The maximum atomic E-state index is 14.1. The molecule has 0 aromatic heterocycles. The Kier molecular flexibility index (Phi) is 5.72. The van der Waals surface area contributed by atoms with Crippen LogP contribution < -0.4 is 0 Å². The first-order chi connectivity index (χ1) is 13.9. The lowest BCUT2D eigenvalue weighted by Gasteiger charge is -2.47. The highest BCUT2D eigenvalue weighted by Crippen LogP contribution is 2.67. The van der Waals surface area contributed by atoms with Crippen LogP contribution in [0.5, 0.6) is 0 Å². The van der Waals surface area contributed by atoms with Crippen molar-refractivity contribution in [3.05, 3.63) is 35.9 Å². The van der Waals surface area contributed by atoms with Crippen molar-refractivity contribution in [3.63, 3.8) is 0 Å². The van der Waals surface area contributed by atoms with E-state index in [1.54, 1.807) is 20.8 Å². The minimum Gasteiger partial charge on any atom is -0.377 e. The van der Waals surface area contributed by atoms with E-state index in [4.69, 9.17) is 23.5 Å². The van der Waals surface area contributed by atoms with Gasteiger partial charge < -0.3 is 28.6 Å². The van der Waals surface area contributed by atoms with Crippen LogP contribution in [-0.2, 0) is 34.5 Å². The van der Waals surface area contributed by atoms with Gasteiger partial charge in [0.1, 0.15) is 24.4 Å². The Morgan fingerprint density at radius 1 is 1.00 bits per heavy atom. The standard InChI is InChI=1S/C22H33O7P/c1-20(2)25-14-16(26-20)17-18-19(28-21(3,4)27-18)22(5,23)30(24,29-17)13-9-12-15-10-7-6-8-11-15/h6-8,10-11,16-19,23H,9,12-14H2,1-5H3/t16-,17-,18+,19+,22-,30+/m1/s1. The molecule has 3 aliphatic rings. The van der Waals surface area contributed by atoms with Crippen LogP contribution in [-0.4, -0.2) is 59.2 Å². The average Bonchev–Trinajstić information content (AvgIpc) is 3.19. The van der Waals surface area contributed by atoms with Crippen LogP contribution in [0.1, 0.15) is 46.6 Å². The normalized spacial score (nSPS) is 42.2. The third-order valence-electron chi connectivity index (χ3n) is 6.13. The lowest BCUT2D eigenvalue weighted by atomic mass is 9.99. The molecule has 3 saturated heterocycles. The first-order valence-electron chi connectivity index (χ1n) is 10.6. The van der Waals surface area contributed by atoms with Gasteiger partial charge >= 0.3 is 0 Å². The number of aliphatic hydroxyl groups is 1. The molecule has 4 rings (SSSR count). The van der Waals surface area contributed by atoms with E-state index in [1.165, 1.54) is 0 Å². The number of aryl methyl sites for hydroxylation is 1. The number of fused-ring (bicyclic) bond motifs is 1. The summed E-state index contributed by atoms with van der Waals surface area (Å²) >= 11 is 0. The van der Waals surface area contributed by atoms with Gasteiger partial charge in [0.15, 0.2) is 16.9 Å². The van der Waals surface area contributed by atoms with Crippen LogP contribution in [0, 0.1) is 0 Å². The van der Waals surface area contributed by atoms with E-state index in [9.17, 15) is 9.67 Å². The number of benzene rings is 1. The summed E-state index contributed by atoms with van der Waals surface area (Å²) in [6.45, 7) is 9.09. The Labute approximate surface area is 178 Å². The fourth-order valence-corrected chi connectivity index (χ4v) is 7.16. The van der Waals surface area contributed by atoms with Crippen LogP contribution in [0.2, 0.25) is 0 Å². The van der Waals surface area contributed by atoms with E-state index in [1.807, 2.05) is 44.2 Å². The van der Waals surface area contributed by atoms with Gasteiger partial charge in [-0.3, -0.25) is 4.57 Å². The molecule has 0 aliphatic carbocycles. The first-order valence-corrected chi connectivity index (χ1v) is 12.4. The Hall–Kier alpha value is -0.790. The second-order valence-electron chi connectivity index (χ2n) is 9.54. The van der Waals surface area contributed by atoms with Gasteiger partial charge in [-0.1, -0.05) is 30.3 Å². The van der Waals surface area contributed by atoms with Crippen molar-refractivity contribution in [2.75, 3.05) is 12.8 Å². The molecule has 0 spiro atoms. The molecule has 8 heteroatoms. The van der Waals surface area contributed by atoms with Crippen LogP contribution >= 0.6 is 7.37 Å². The lowest BCUT2D eigenvalue weighted by molar-refractivity contribution is -0.174. The number of hydrogen-bond donors (Lipinski definition) is 1. The van der Waals surface area contributed by atoms with Gasteiger partial charge in [-0.2, -0.15) is 0 Å². The highest BCUT2D eigenvalue weighted by Gasteiger charge is 2.67. The van der Waals surface area contributed by atoms with E-state index < -0.39 is 48.7 Å². The second-order valence-corrected chi connectivity index (χ2v) is 12.4. The van der Waals surface area contributed by atoms with Crippen molar-refractivity contribution in [1.29, 1.82) is 0 Å². The number of ether oxygens (including phenoxy) is 4. The van der Waals surface area contributed by atoms with Crippen LogP contribution in [0.25, 0.3) is 0 Å². The molecule has 3 aliphatic heterocycles. The summed E-state index contributed by atoms with van der Waals surface area (Å²) in [4.78, 5) is 0. The van der Waals surface area contributed by atoms with E-state index in [-0.39, 0.29) is 6.16 Å². The van der Waals surface area contributed by atoms with Gasteiger partial charge in [-0.05, 0) is 53.0 Å². The van der Waals surface area contributed by atoms with E-state index in [0.717, 1.165) is 12.0 Å². The summed E-state index contributed by atoms with van der Waals surface area (Å²) in [7, 11) is -3.52. The minimum atomic E-state index is -3.52. The van der Waals surface area contributed by atoms with Crippen molar-refractivity contribution >= 4 is 7.37 Å². The molecular weight excluding hydrogens is 407 g/mol. The molecule has 168 valence electrons. The molecule has 3 heterocycles. The largest absolute Gasteiger partial charge is 0.377 e. The molecule has 6 atom stereocenters. The zero-order valence-corrected chi connectivity index (χ0v) is 19.3. The molecule has 0 amide bonds. The fraction of sp³-hybridized carbons (Fsp3) is 0.727.